The highest BCUT2D eigenvalue weighted by atomic mass is 19.1. The maximum Gasteiger partial charge on any atom is 0.269 e. The minimum Gasteiger partial charge on any atom is -0.373 e. The third-order valence-electron chi connectivity index (χ3n) is 3.99. The Hall–Kier alpha value is -2.21. The summed E-state index contributed by atoms with van der Waals surface area (Å²) < 4.78 is 20.3. The lowest BCUT2D eigenvalue weighted by molar-refractivity contribution is 0.0841. The SMILES string of the molecule is Cn1nccc1C(=O)NC[C@@H]1CCO[C@H]1c1ccc(F)cc1. The van der Waals surface area contributed by atoms with Gasteiger partial charge in [0.05, 0.1) is 6.10 Å². The van der Waals surface area contributed by atoms with E-state index < -0.39 is 0 Å². The van der Waals surface area contributed by atoms with Crippen molar-refractivity contribution in [2.24, 2.45) is 13.0 Å². The zero-order chi connectivity index (χ0) is 15.5. The largest absolute Gasteiger partial charge is 0.373 e. The van der Waals surface area contributed by atoms with E-state index in [4.69, 9.17) is 4.74 Å². The molecule has 0 aliphatic carbocycles. The van der Waals surface area contributed by atoms with Gasteiger partial charge in [-0.15, -0.1) is 0 Å². The van der Waals surface area contributed by atoms with Crippen LogP contribution in [0.15, 0.2) is 36.5 Å². The van der Waals surface area contributed by atoms with Gasteiger partial charge in [-0.3, -0.25) is 9.48 Å². The van der Waals surface area contributed by atoms with E-state index in [1.165, 1.54) is 16.8 Å². The Morgan fingerprint density at radius 2 is 2.18 bits per heavy atom. The van der Waals surface area contributed by atoms with Gasteiger partial charge in [-0.2, -0.15) is 5.10 Å². The molecule has 3 rings (SSSR count). The van der Waals surface area contributed by atoms with Gasteiger partial charge >= 0.3 is 0 Å². The number of ether oxygens (including phenoxy) is 1. The van der Waals surface area contributed by atoms with Crippen LogP contribution in [0.1, 0.15) is 28.6 Å². The minimum absolute atomic E-state index is 0.104. The summed E-state index contributed by atoms with van der Waals surface area (Å²) in [6.45, 7) is 1.17. The fraction of sp³-hybridized carbons (Fsp3) is 0.375. The summed E-state index contributed by atoms with van der Waals surface area (Å²) in [5.41, 5.74) is 1.47. The summed E-state index contributed by atoms with van der Waals surface area (Å²) >= 11 is 0. The number of amides is 1. The van der Waals surface area contributed by atoms with Crippen molar-refractivity contribution in [3.63, 3.8) is 0 Å². The van der Waals surface area contributed by atoms with E-state index in [-0.39, 0.29) is 23.7 Å². The monoisotopic (exact) mass is 303 g/mol. The van der Waals surface area contributed by atoms with Crippen molar-refractivity contribution < 1.29 is 13.9 Å². The quantitative estimate of drug-likeness (QED) is 0.940. The number of nitrogens with one attached hydrogen (secondary N) is 1. The lowest BCUT2D eigenvalue weighted by Gasteiger charge is -2.19. The normalized spacial score (nSPS) is 21.0. The first-order valence-corrected chi connectivity index (χ1v) is 7.28. The van der Waals surface area contributed by atoms with Gasteiger partial charge in [0.15, 0.2) is 0 Å². The first-order valence-electron chi connectivity index (χ1n) is 7.28. The van der Waals surface area contributed by atoms with E-state index in [0.29, 0.717) is 18.8 Å². The van der Waals surface area contributed by atoms with Crippen LogP contribution in [0.2, 0.25) is 0 Å². The average molecular weight is 303 g/mol. The van der Waals surface area contributed by atoms with E-state index in [0.717, 1.165) is 12.0 Å². The van der Waals surface area contributed by atoms with Gasteiger partial charge in [0.1, 0.15) is 11.5 Å². The molecule has 0 bridgehead atoms. The molecule has 1 N–H and O–H groups in total. The second kappa shape index (κ2) is 6.27. The van der Waals surface area contributed by atoms with Crippen LogP contribution in [-0.4, -0.2) is 28.8 Å². The Kier molecular flexibility index (Phi) is 4.20. The Balaban J connectivity index is 1.63. The third kappa shape index (κ3) is 3.01. The number of nitrogens with zero attached hydrogens (tertiary/aromatic N) is 2. The van der Waals surface area contributed by atoms with E-state index in [1.807, 2.05) is 0 Å². The molecule has 2 aromatic rings. The van der Waals surface area contributed by atoms with Crippen LogP contribution in [0.3, 0.4) is 0 Å². The molecule has 1 aromatic heterocycles. The van der Waals surface area contributed by atoms with Crippen molar-refractivity contribution >= 4 is 5.91 Å². The van der Waals surface area contributed by atoms with Gasteiger partial charge in [0.2, 0.25) is 0 Å². The standard InChI is InChI=1S/C16H18FN3O2/c1-20-14(6-8-19-20)16(21)18-10-12-7-9-22-15(12)11-2-4-13(17)5-3-11/h2-6,8,12,15H,7,9-10H2,1H3,(H,18,21)/t12-,15-/m0/s1. The van der Waals surface area contributed by atoms with Crippen molar-refractivity contribution in [3.05, 3.63) is 53.6 Å². The number of rotatable bonds is 4. The van der Waals surface area contributed by atoms with Crippen LogP contribution in [0.4, 0.5) is 4.39 Å². The molecule has 0 spiro atoms. The van der Waals surface area contributed by atoms with Crippen LogP contribution in [0.5, 0.6) is 0 Å². The zero-order valence-electron chi connectivity index (χ0n) is 12.3. The van der Waals surface area contributed by atoms with Gasteiger partial charge in [-0.25, -0.2) is 4.39 Å². The molecule has 0 saturated carbocycles. The molecule has 0 radical (unpaired) electrons. The second-order valence-corrected chi connectivity index (χ2v) is 5.44. The number of carbonyl (C=O) groups is 1. The first kappa shape index (κ1) is 14.7. The molecule has 1 amide bonds. The first-order chi connectivity index (χ1) is 10.6. The van der Waals surface area contributed by atoms with Crippen molar-refractivity contribution in [2.75, 3.05) is 13.2 Å². The molecule has 1 aliphatic rings. The van der Waals surface area contributed by atoms with Crippen molar-refractivity contribution in [2.45, 2.75) is 12.5 Å². The number of halogens is 1. The molecule has 1 fully saturated rings. The third-order valence-corrected chi connectivity index (χ3v) is 3.99. The predicted molar refractivity (Wildman–Crippen MR) is 78.7 cm³/mol. The van der Waals surface area contributed by atoms with Gasteiger partial charge in [0.25, 0.3) is 5.91 Å². The number of aromatic nitrogens is 2. The molecular weight excluding hydrogens is 285 g/mol. The van der Waals surface area contributed by atoms with Crippen LogP contribution in [0.25, 0.3) is 0 Å². The van der Waals surface area contributed by atoms with Crippen molar-refractivity contribution in [1.82, 2.24) is 15.1 Å². The maximum atomic E-state index is 13.0. The van der Waals surface area contributed by atoms with Crippen molar-refractivity contribution in [3.8, 4) is 0 Å². The molecule has 22 heavy (non-hydrogen) atoms. The Morgan fingerprint density at radius 3 is 2.86 bits per heavy atom. The predicted octanol–water partition coefficient (Wildman–Crippen LogP) is 2.07. The van der Waals surface area contributed by atoms with E-state index in [2.05, 4.69) is 10.4 Å². The highest BCUT2D eigenvalue weighted by Crippen LogP contribution is 2.34. The highest BCUT2D eigenvalue weighted by molar-refractivity contribution is 5.92. The summed E-state index contributed by atoms with van der Waals surface area (Å²) in [5.74, 6) is -0.227. The molecule has 0 unspecified atom stereocenters. The summed E-state index contributed by atoms with van der Waals surface area (Å²) in [6.07, 6.45) is 2.36. The molecule has 5 nitrogen and oxygen atoms in total. The summed E-state index contributed by atoms with van der Waals surface area (Å²) in [5, 5.41) is 6.91. The van der Waals surface area contributed by atoms with E-state index in [9.17, 15) is 9.18 Å². The van der Waals surface area contributed by atoms with Gasteiger partial charge in [-0.05, 0) is 30.2 Å². The second-order valence-electron chi connectivity index (χ2n) is 5.44. The Bertz CT molecular complexity index is 654. The number of hydrogen-bond donors (Lipinski definition) is 1. The molecule has 2 atom stereocenters. The molecule has 116 valence electrons. The molecule has 6 heteroatoms. The van der Waals surface area contributed by atoms with Crippen LogP contribution in [0, 0.1) is 11.7 Å². The topological polar surface area (TPSA) is 56.2 Å². The van der Waals surface area contributed by atoms with Crippen molar-refractivity contribution in [1.29, 1.82) is 0 Å². The smallest absolute Gasteiger partial charge is 0.269 e. The Labute approximate surface area is 128 Å². The summed E-state index contributed by atoms with van der Waals surface area (Å²) in [7, 11) is 1.73. The lowest BCUT2D eigenvalue weighted by Crippen LogP contribution is -2.31. The summed E-state index contributed by atoms with van der Waals surface area (Å²) in [6, 6.07) is 8.02. The molecular formula is C16H18FN3O2. The highest BCUT2D eigenvalue weighted by Gasteiger charge is 2.30. The van der Waals surface area contributed by atoms with Gasteiger partial charge in [0, 0.05) is 32.3 Å². The lowest BCUT2D eigenvalue weighted by atomic mass is 9.95. The van der Waals surface area contributed by atoms with E-state index >= 15 is 0 Å². The van der Waals surface area contributed by atoms with Crippen LogP contribution in [-0.2, 0) is 11.8 Å². The maximum absolute atomic E-state index is 13.0. The number of carbonyl (C=O) groups excluding carboxylic acids is 1. The van der Waals surface area contributed by atoms with Crippen LogP contribution >= 0.6 is 0 Å². The zero-order valence-corrected chi connectivity index (χ0v) is 12.3. The van der Waals surface area contributed by atoms with E-state index in [1.54, 1.807) is 31.4 Å². The number of hydrogen-bond acceptors (Lipinski definition) is 3. The molecule has 2 heterocycles. The summed E-state index contributed by atoms with van der Waals surface area (Å²) in [4.78, 5) is 12.1. The number of aryl methyl sites for hydroxylation is 1. The molecule has 1 aromatic carbocycles. The van der Waals surface area contributed by atoms with Crippen LogP contribution < -0.4 is 5.32 Å². The Morgan fingerprint density at radius 1 is 1.41 bits per heavy atom. The van der Waals surface area contributed by atoms with Gasteiger partial charge in [-0.1, -0.05) is 12.1 Å². The average Bonchev–Trinajstić information content (AvgIpc) is 3.14. The molecule has 1 saturated heterocycles. The molecule has 1 aliphatic heterocycles. The minimum atomic E-state index is -0.261. The fourth-order valence-corrected chi connectivity index (χ4v) is 2.77. The van der Waals surface area contributed by atoms with Gasteiger partial charge < -0.3 is 10.1 Å². The fourth-order valence-electron chi connectivity index (χ4n) is 2.77. The number of benzene rings is 1.